The van der Waals surface area contributed by atoms with Gasteiger partial charge in [-0.15, -0.1) is 0 Å². The van der Waals surface area contributed by atoms with Crippen LogP contribution in [0, 0.1) is 23.2 Å². The van der Waals surface area contributed by atoms with E-state index in [0.29, 0.717) is 31.4 Å². The molecule has 1 aromatic carbocycles. The molecule has 1 fully saturated rings. The molecule has 4 heteroatoms. The molecule has 0 N–H and O–H groups in total. The first-order valence-electron chi connectivity index (χ1n) is 7.70. The maximum atomic E-state index is 12.9. The number of ether oxygens (including phenoxy) is 1. The van der Waals surface area contributed by atoms with Crippen LogP contribution in [0.15, 0.2) is 36.2 Å². The Bertz CT molecular complexity index is 578. The first-order valence-corrected chi connectivity index (χ1v) is 7.70. The van der Waals surface area contributed by atoms with E-state index in [4.69, 9.17) is 10.00 Å². The topological polar surface area (TPSA) is 50.1 Å². The zero-order chi connectivity index (χ0) is 15.9. The van der Waals surface area contributed by atoms with E-state index in [-0.39, 0.29) is 17.8 Å². The SMILES string of the molecule is CCc1ccc(OC(=O)C2CCC(/C=C(/F)C#N)CC2)cc1. The van der Waals surface area contributed by atoms with E-state index in [1.54, 1.807) is 0 Å². The van der Waals surface area contributed by atoms with Crippen molar-refractivity contribution in [1.82, 2.24) is 0 Å². The predicted octanol–water partition coefficient (Wildman–Crippen LogP) is 4.34. The van der Waals surface area contributed by atoms with Crippen molar-refractivity contribution in [2.75, 3.05) is 0 Å². The molecule has 1 saturated carbocycles. The third kappa shape index (κ3) is 4.42. The maximum Gasteiger partial charge on any atom is 0.314 e. The van der Waals surface area contributed by atoms with E-state index in [2.05, 4.69) is 6.92 Å². The summed E-state index contributed by atoms with van der Waals surface area (Å²) in [5.41, 5.74) is 1.20. The number of rotatable bonds is 4. The molecule has 0 bridgehead atoms. The van der Waals surface area contributed by atoms with E-state index >= 15 is 0 Å². The Morgan fingerprint density at radius 3 is 2.50 bits per heavy atom. The van der Waals surface area contributed by atoms with Gasteiger partial charge in [0.2, 0.25) is 0 Å². The fourth-order valence-electron chi connectivity index (χ4n) is 2.76. The molecular weight excluding hydrogens is 281 g/mol. The highest BCUT2D eigenvalue weighted by Crippen LogP contribution is 2.31. The number of aryl methyl sites for hydroxylation is 1. The third-order valence-electron chi connectivity index (χ3n) is 4.14. The van der Waals surface area contributed by atoms with Gasteiger partial charge >= 0.3 is 5.97 Å². The Morgan fingerprint density at radius 2 is 1.95 bits per heavy atom. The average molecular weight is 301 g/mol. The Hall–Kier alpha value is -2.15. The average Bonchev–Trinajstić information content (AvgIpc) is 2.56. The van der Waals surface area contributed by atoms with Gasteiger partial charge in [-0.25, -0.2) is 0 Å². The van der Waals surface area contributed by atoms with E-state index in [9.17, 15) is 9.18 Å². The molecule has 0 radical (unpaired) electrons. The van der Waals surface area contributed by atoms with Crippen LogP contribution in [-0.4, -0.2) is 5.97 Å². The zero-order valence-electron chi connectivity index (χ0n) is 12.7. The molecule has 1 aromatic rings. The fraction of sp³-hybridized carbons (Fsp3) is 0.444. The van der Waals surface area contributed by atoms with Crippen LogP contribution in [0.1, 0.15) is 38.2 Å². The summed E-state index contributed by atoms with van der Waals surface area (Å²) < 4.78 is 18.3. The molecule has 0 atom stereocenters. The minimum atomic E-state index is -0.734. The van der Waals surface area contributed by atoms with Gasteiger partial charge in [0.05, 0.1) is 5.92 Å². The number of carbonyl (C=O) groups is 1. The lowest BCUT2D eigenvalue weighted by atomic mass is 9.82. The molecule has 22 heavy (non-hydrogen) atoms. The predicted molar refractivity (Wildman–Crippen MR) is 81.7 cm³/mol. The number of nitrogens with zero attached hydrogens (tertiary/aromatic N) is 1. The highest BCUT2D eigenvalue weighted by atomic mass is 19.1. The van der Waals surface area contributed by atoms with Gasteiger partial charge in [0.1, 0.15) is 11.8 Å². The summed E-state index contributed by atoms with van der Waals surface area (Å²) >= 11 is 0. The van der Waals surface area contributed by atoms with Gasteiger partial charge < -0.3 is 4.74 Å². The van der Waals surface area contributed by atoms with Crippen LogP contribution in [0.3, 0.4) is 0 Å². The van der Waals surface area contributed by atoms with Crippen LogP contribution in [0.2, 0.25) is 0 Å². The molecule has 0 aliphatic heterocycles. The monoisotopic (exact) mass is 301 g/mol. The second-order valence-electron chi connectivity index (χ2n) is 5.66. The molecule has 1 aliphatic carbocycles. The molecule has 3 nitrogen and oxygen atoms in total. The van der Waals surface area contributed by atoms with E-state index in [1.165, 1.54) is 17.7 Å². The largest absolute Gasteiger partial charge is 0.426 e. The van der Waals surface area contributed by atoms with Gasteiger partial charge in [-0.05, 0) is 61.8 Å². The fourth-order valence-corrected chi connectivity index (χ4v) is 2.76. The van der Waals surface area contributed by atoms with Crippen molar-refractivity contribution in [2.24, 2.45) is 11.8 Å². The summed E-state index contributed by atoms with van der Waals surface area (Å²) in [6.07, 6.45) is 5.08. The number of esters is 1. The number of benzene rings is 1. The van der Waals surface area contributed by atoms with Crippen LogP contribution in [-0.2, 0) is 11.2 Å². The first kappa shape index (κ1) is 16.2. The lowest BCUT2D eigenvalue weighted by Crippen LogP contribution is -2.25. The van der Waals surface area contributed by atoms with Gasteiger partial charge in [0, 0.05) is 0 Å². The Labute approximate surface area is 130 Å². The van der Waals surface area contributed by atoms with E-state index in [0.717, 1.165) is 6.42 Å². The van der Waals surface area contributed by atoms with Gasteiger partial charge in [-0.1, -0.05) is 19.1 Å². The van der Waals surface area contributed by atoms with Crippen LogP contribution in [0.5, 0.6) is 5.75 Å². The Balaban J connectivity index is 1.85. The summed E-state index contributed by atoms with van der Waals surface area (Å²) in [4.78, 5) is 12.1. The molecule has 2 rings (SSSR count). The number of hydrogen-bond donors (Lipinski definition) is 0. The normalized spacial score (nSPS) is 22.0. The minimum absolute atomic E-state index is 0.0486. The van der Waals surface area contributed by atoms with Crippen molar-refractivity contribution in [2.45, 2.75) is 39.0 Å². The molecule has 1 aliphatic rings. The van der Waals surface area contributed by atoms with Crippen molar-refractivity contribution in [3.05, 3.63) is 41.7 Å². The maximum absolute atomic E-state index is 12.9. The smallest absolute Gasteiger partial charge is 0.314 e. The number of carbonyl (C=O) groups excluding carboxylic acids is 1. The lowest BCUT2D eigenvalue weighted by Gasteiger charge is -2.25. The first-order chi connectivity index (χ1) is 10.6. The second-order valence-corrected chi connectivity index (χ2v) is 5.66. The Kier molecular flexibility index (Phi) is 5.71. The minimum Gasteiger partial charge on any atom is -0.426 e. The second kappa shape index (κ2) is 7.74. The van der Waals surface area contributed by atoms with Crippen molar-refractivity contribution >= 4 is 5.97 Å². The van der Waals surface area contributed by atoms with Gasteiger partial charge in [-0.2, -0.15) is 9.65 Å². The van der Waals surface area contributed by atoms with Crippen molar-refractivity contribution in [3.8, 4) is 11.8 Å². The zero-order valence-corrected chi connectivity index (χ0v) is 12.7. The number of hydrogen-bond acceptors (Lipinski definition) is 3. The molecular formula is C18H20FNO2. The van der Waals surface area contributed by atoms with Gasteiger partial charge in [0.25, 0.3) is 0 Å². The van der Waals surface area contributed by atoms with Gasteiger partial charge in [0.15, 0.2) is 5.83 Å². The molecule has 0 saturated heterocycles. The molecule has 116 valence electrons. The quantitative estimate of drug-likeness (QED) is 0.472. The summed E-state index contributed by atoms with van der Waals surface area (Å²) in [6.45, 7) is 2.07. The molecule has 0 spiro atoms. The van der Waals surface area contributed by atoms with Crippen LogP contribution in [0.4, 0.5) is 4.39 Å². The van der Waals surface area contributed by atoms with Crippen LogP contribution in [0.25, 0.3) is 0 Å². The summed E-state index contributed by atoms with van der Waals surface area (Å²) in [6, 6.07) is 9.02. The van der Waals surface area contributed by atoms with Crippen molar-refractivity contribution in [3.63, 3.8) is 0 Å². The molecule has 0 unspecified atom stereocenters. The van der Waals surface area contributed by atoms with Crippen molar-refractivity contribution < 1.29 is 13.9 Å². The van der Waals surface area contributed by atoms with E-state index in [1.807, 2.05) is 24.3 Å². The van der Waals surface area contributed by atoms with Crippen molar-refractivity contribution in [1.29, 1.82) is 5.26 Å². The molecule has 0 heterocycles. The standard InChI is InChI=1S/C18H20FNO2/c1-2-13-5-9-17(10-6-13)22-18(21)15-7-3-14(4-8-15)11-16(19)12-20/h5-6,9-11,14-15H,2-4,7-8H2,1H3/b16-11+. The summed E-state index contributed by atoms with van der Waals surface area (Å²) in [5, 5.41) is 8.44. The van der Waals surface area contributed by atoms with Crippen LogP contribution < -0.4 is 4.74 Å². The lowest BCUT2D eigenvalue weighted by molar-refractivity contribution is -0.140. The van der Waals surface area contributed by atoms with Gasteiger partial charge in [-0.3, -0.25) is 4.79 Å². The molecule has 0 amide bonds. The highest BCUT2D eigenvalue weighted by molar-refractivity contribution is 5.75. The molecule has 0 aromatic heterocycles. The van der Waals surface area contributed by atoms with Crippen LogP contribution >= 0.6 is 0 Å². The number of halogens is 1. The number of allylic oxidation sites excluding steroid dienone is 2. The summed E-state index contributed by atoms with van der Waals surface area (Å²) in [7, 11) is 0. The third-order valence-corrected chi connectivity index (χ3v) is 4.14. The summed E-state index contributed by atoms with van der Waals surface area (Å²) in [5.74, 6) is -0.470. The number of nitriles is 1. The highest BCUT2D eigenvalue weighted by Gasteiger charge is 2.27. The Morgan fingerprint density at radius 1 is 1.32 bits per heavy atom. The van der Waals surface area contributed by atoms with E-state index < -0.39 is 5.83 Å².